The molecular weight excluding hydrogens is 420 g/mol. The van der Waals surface area contributed by atoms with Crippen LogP contribution in [0.4, 0.5) is 0 Å². The maximum atomic E-state index is 12.3. The van der Waals surface area contributed by atoms with E-state index in [0.29, 0.717) is 12.8 Å². The summed E-state index contributed by atoms with van der Waals surface area (Å²) in [7, 11) is 0. The topological polar surface area (TPSA) is 121 Å². The minimum absolute atomic E-state index is 0.0393. The number of hydrogen-bond acceptors (Lipinski definition) is 6. The van der Waals surface area contributed by atoms with Crippen LogP contribution < -0.4 is 0 Å². The standard InChI is InChI=1S/C27H48O6/c1-15(14-28)6-5-7-16(2)21-22(31)23(32)24-26(21,4)11-9-20-25(3)10-8-17(29)12-18(25)19(30)13-27(20,24)33/h15-24,28-33H,5-14H2,1-4H3/t15-,16-,17+,18-,19-,20-,21+,22-,23+,24-,25+,26-,27+/m1/s1. The van der Waals surface area contributed by atoms with Crippen molar-refractivity contribution >= 4 is 0 Å². The van der Waals surface area contributed by atoms with E-state index in [1.54, 1.807) is 0 Å². The summed E-state index contributed by atoms with van der Waals surface area (Å²) < 4.78 is 0. The van der Waals surface area contributed by atoms with Crippen molar-refractivity contribution in [1.82, 2.24) is 0 Å². The largest absolute Gasteiger partial charge is 0.396 e. The van der Waals surface area contributed by atoms with Gasteiger partial charge in [0.2, 0.25) is 0 Å². The molecule has 6 nitrogen and oxygen atoms in total. The molecule has 0 radical (unpaired) electrons. The van der Waals surface area contributed by atoms with E-state index in [0.717, 1.165) is 38.5 Å². The Balaban J connectivity index is 1.61. The fourth-order valence-corrected chi connectivity index (χ4v) is 9.57. The third-order valence-electron chi connectivity index (χ3n) is 11.1. The second-order valence-corrected chi connectivity index (χ2v) is 13.1. The van der Waals surface area contributed by atoms with Crippen molar-refractivity contribution in [2.75, 3.05) is 6.61 Å². The van der Waals surface area contributed by atoms with Crippen molar-refractivity contribution in [3.63, 3.8) is 0 Å². The molecule has 4 fully saturated rings. The molecule has 0 unspecified atom stereocenters. The van der Waals surface area contributed by atoms with Gasteiger partial charge in [-0.2, -0.15) is 0 Å². The van der Waals surface area contributed by atoms with Crippen LogP contribution in [0.15, 0.2) is 0 Å². The molecule has 6 N–H and O–H groups in total. The minimum atomic E-state index is -1.22. The summed E-state index contributed by atoms with van der Waals surface area (Å²) in [6.45, 7) is 8.70. The Morgan fingerprint density at radius 2 is 1.58 bits per heavy atom. The van der Waals surface area contributed by atoms with Gasteiger partial charge in [-0.3, -0.25) is 0 Å². The zero-order valence-electron chi connectivity index (χ0n) is 21.0. The monoisotopic (exact) mass is 468 g/mol. The van der Waals surface area contributed by atoms with E-state index in [-0.39, 0.29) is 48.0 Å². The molecule has 0 heterocycles. The Kier molecular flexibility index (Phi) is 7.05. The summed E-state index contributed by atoms with van der Waals surface area (Å²) in [6, 6.07) is 0. The number of hydrogen-bond donors (Lipinski definition) is 6. The SMILES string of the molecule is C[C@@H](CO)CCC[C@@H](C)[C@H]1[C@@H](O)[C@H](O)[C@@H]2[C@]1(C)CC[C@@H]1[C@@]3(C)CC[C@H](O)C[C@@H]3[C@H](O)C[C@]12O. The van der Waals surface area contributed by atoms with Gasteiger partial charge in [-0.25, -0.2) is 0 Å². The lowest BCUT2D eigenvalue weighted by molar-refractivity contribution is -0.264. The molecule has 0 saturated heterocycles. The average molecular weight is 469 g/mol. The fourth-order valence-electron chi connectivity index (χ4n) is 9.57. The van der Waals surface area contributed by atoms with Gasteiger partial charge in [0.05, 0.1) is 30.0 Å². The van der Waals surface area contributed by atoms with Crippen LogP contribution in [-0.2, 0) is 0 Å². The highest BCUT2D eigenvalue weighted by Gasteiger charge is 2.72. The van der Waals surface area contributed by atoms with Crippen molar-refractivity contribution in [1.29, 1.82) is 0 Å². The number of fused-ring (bicyclic) bond motifs is 5. The Labute approximate surface area is 199 Å². The fraction of sp³-hybridized carbons (Fsp3) is 1.00. The molecular formula is C27H48O6. The van der Waals surface area contributed by atoms with Crippen LogP contribution in [0.25, 0.3) is 0 Å². The van der Waals surface area contributed by atoms with E-state index in [1.165, 1.54) is 0 Å². The van der Waals surface area contributed by atoms with Gasteiger partial charge in [0.25, 0.3) is 0 Å². The van der Waals surface area contributed by atoms with Crippen molar-refractivity contribution in [3.05, 3.63) is 0 Å². The summed E-state index contributed by atoms with van der Waals surface area (Å²) in [6.07, 6.45) is 3.75. The molecule has 4 aliphatic rings. The van der Waals surface area contributed by atoms with Crippen molar-refractivity contribution in [2.24, 2.45) is 46.3 Å². The lowest BCUT2D eigenvalue weighted by atomic mass is 9.42. The van der Waals surface area contributed by atoms with Crippen LogP contribution in [0.2, 0.25) is 0 Å². The van der Waals surface area contributed by atoms with Crippen LogP contribution in [-0.4, -0.2) is 67.3 Å². The molecule has 4 rings (SSSR count). The lowest BCUT2D eigenvalue weighted by Gasteiger charge is -2.65. The first-order valence-corrected chi connectivity index (χ1v) is 13.5. The van der Waals surface area contributed by atoms with Gasteiger partial charge in [0, 0.05) is 18.9 Å². The van der Waals surface area contributed by atoms with Gasteiger partial charge >= 0.3 is 0 Å². The van der Waals surface area contributed by atoms with Crippen LogP contribution in [0.3, 0.4) is 0 Å². The highest BCUT2D eigenvalue weighted by molar-refractivity contribution is 5.21. The van der Waals surface area contributed by atoms with E-state index in [1.807, 2.05) is 6.92 Å². The molecule has 6 heteroatoms. The zero-order chi connectivity index (χ0) is 24.3. The number of rotatable bonds is 6. The van der Waals surface area contributed by atoms with Gasteiger partial charge in [-0.05, 0) is 78.9 Å². The molecule has 0 bridgehead atoms. The van der Waals surface area contributed by atoms with E-state index in [2.05, 4.69) is 20.8 Å². The van der Waals surface area contributed by atoms with Gasteiger partial charge in [-0.1, -0.05) is 40.5 Å². The van der Waals surface area contributed by atoms with E-state index < -0.39 is 41.3 Å². The van der Waals surface area contributed by atoms with E-state index >= 15 is 0 Å². The van der Waals surface area contributed by atoms with Gasteiger partial charge in [0.15, 0.2) is 0 Å². The second-order valence-electron chi connectivity index (χ2n) is 13.1. The average Bonchev–Trinajstić information content (AvgIpc) is 2.95. The summed E-state index contributed by atoms with van der Waals surface area (Å²) in [5.74, 6) is -0.211. The first kappa shape index (κ1) is 25.8. The van der Waals surface area contributed by atoms with Gasteiger partial charge in [-0.15, -0.1) is 0 Å². The first-order valence-electron chi connectivity index (χ1n) is 13.5. The molecule has 0 aromatic heterocycles. The Morgan fingerprint density at radius 1 is 0.909 bits per heavy atom. The maximum absolute atomic E-state index is 12.3. The van der Waals surface area contributed by atoms with Crippen LogP contribution in [0, 0.1) is 46.3 Å². The molecule has 13 atom stereocenters. The smallest absolute Gasteiger partial charge is 0.0863 e. The van der Waals surface area contributed by atoms with Crippen molar-refractivity contribution in [3.8, 4) is 0 Å². The van der Waals surface area contributed by atoms with Crippen LogP contribution >= 0.6 is 0 Å². The molecule has 192 valence electrons. The third-order valence-corrected chi connectivity index (χ3v) is 11.1. The first-order chi connectivity index (χ1) is 15.4. The summed E-state index contributed by atoms with van der Waals surface area (Å²) in [5, 5.41) is 65.7. The van der Waals surface area contributed by atoms with Crippen LogP contribution in [0.5, 0.6) is 0 Å². The second kappa shape index (κ2) is 9.01. The highest BCUT2D eigenvalue weighted by atomic mass is 16.3. The molecule has 4 aliphatic carbocycles. The normalized spacial score (nSPS) is 53.6. The molecule has 0 amide bonds. The van der Waals surface area contributed by atoms with Gasteiger partial charge < -0.3 is 30.6 Å². The summed E-state index contributed by atoms with van der Waals surface area (Å²) >= 11 is 0. The Bertz CT molecular complexity index is 702. The molecule has 0 aromatic rings. The quantitative estimate of drug-likeness (QED) is 0.356. The van der Waals surface area contributed by atoms with E-state index in [9.17, 15) is 30.6 Å². The predicted molar refractivity (Wildman–Crippen MR) is 126 cm³/mol. The summed E-state index contributed by atoms with van der Waals surface area (Å²) in [5.41, 5.74) is -1.90. The Hall–Kier alpha value is -0.240. The highest BCUT2D eigenvalue weighted by Crippen LogP contribution is 2.69. The molecule has 33 heavy (non-hydrogen) atoms. The number of aliphatic hydroxyl groups excluding tert-OH is 5. The summed E-state index contributed by atoms with van der Waals surface area (Å²) in [4.78, 5) is 0. The molecule has 0 spiro atoms. The zero-order valence-corrected chi connectivity index (χ0v) is 21.0. The molecule has 0 aromatic carbocycles. The van der Waals surface area contributed by atoms with Crippen molar-refractivity contribution in [2.45, 2.75) is 115 Å². The lowest BCUT2D eigenvalue weighted by Crippen LogP contribution is -2.68. The van der Waals surface area contributed by atoms with Crippen LogP contribution in [0.1, 0.15) is 85.5 Å². The Morgan fingerprint density at radius 3 is 2.24 bits per heavy atom. The third kappa shape index (κ3) is 3.92. The maximum Gasteiger partial charge on any atom is 0.0863 e. The van der Waals surface area contributed by atoms with E-state index in [4.69, 9.17) is 0 Å². The minimum Gasteiger partial charge on any atom is -0.396 e. The molecule has 0 aliphatic heterocycles. The van der Waals surface area contributed by atoms with Crippen molar-refractivity contribution < 1.29 is 30.6 Å². The molecule has 4 saturated carbocycles. The van der Waals surface area contributed by atoms with Gasteiger partial charge in [0.1, 0.15) is 0 Å². The number of aliphatic hydroxyl groups is 6. The predicted octanol–water partition coefficient (Wildman–Crippen LogP) is 2.47.